The molecule has 1 N–H and O–H groups in total. The normalized spacial score (nSPS) is 10.1. The average molecular weight is 295 g/mol. The van der Waals surface area contributed by atoms with E-state index in [9.17, 15) is 10.1 Å². The highest BCUT2D eigenvalue weighted by molar-refractivity contribution is 6.32. The van der Waals surface area contributed by atoms with Crippen LogP contribution < -0.4 is 10.1 Å². The first-order chi connectivity index (χ1) is 9.60. The van der Waals surface area contributed by atoms with E-state index < -0.39 is 4.92 Å². The zero-order valence-electron chi connectivity index (χ0n) is 10.5. The van der Waals surface area contributed by atoms with E-state index in [0.29, 0.717) is 17.4 Å². The number of rotatable bonds is 5. The molecule has 20 heavy (non-hydrogen) atoms. The van der Waals surface area contributed by atoms with Gasteiger partial charge in [0, 0.05) is 24.7 Å². The van der Waals surface area contributed by atoms with E-state index in [2.05, 4.69) is 15.3 Å². The SMILES string of the molecule is CCNc1cc(Oc2ccc([N+](=O)[O-])c(Cl)c2)ncn1. The molecule has 0 saturated heterocycles. The Bertz CT molecular complexity index is 636. The van der Waals surface area contributed by atoms with Crippen LogP contribution in [0.3, 0.4) is 0 Å². The highest BCUT2D eigenvalue weighted by Crippen LogP contribution is 2.30. The Balaban J connectivity index is 2.19. The number of hydrogen-bond acceptors (Lipinski definition) is 6. The molecule has 1 aromatic heterocycles. The van der Waals surface area contributed by atoms with Crippen LogP contribution in [0.25, 0.3) is 0 Å². The van der Waals surface area contributed by atoms with Gasteiger partial charge >= 0.3 is 0 Å². The molecule has 8 heteroatoms. The molecule has 0 aliphatic carbocycles. The van der Waals surface area contributed by atoms with Crippen molar-refractivity contribution in [3.63, 3.8) is 0 Å². The van der Waals surface area contributed by atoms with Gasteiger partial charge in [-0.1, -0.05) is 11.6 Å². The van der Waals surface area contributed by atoms with Crippen molar-refractivity contribution in [1.82, 2.24) is 9.97 Å². The fourth-order valence-corrected chi connectivity index (χ4v) is 1.73. The summed E-state index contributed by atoms with van der Waals surface area (Å²) in [6.07, 6.45) is 1.36. The topological polar surface area (TPSA) is 90.2 Å². The van der Waals surface area contributed by atoms with Gasteiger partial charge in [0.25, 0.3) is 5.69 Å². The van der Waals surface area contributed by atoms with Crippen molar-refractivity contribution in [2.75, 3.05) is 11.9 Å². The molecule has 0 spiro atoms. The van der Waals surface area contributed by atoms with Gasteiger partial charge in [0.1, 0.15) is 22.9 Å². The Morgan fingerprint density at radius 2 is 2.20 bits per heavy atom. The smallest absolute Gasteiger partial charge is 0.288 e. The van der Waals surface area contributed by atoms with Gasteiger partial charge in [-0.15, -0.1) is 0 Å². The van der Waals surface area contributed by atoms with Gasteiger partial charge < -0.3 is 10.1 Å². The third kappa shape index (κ3) is 3.33. The number of benzene rings is 1. The van der Waals surface area contributed by atoms with Crippen molar-refractivity contribution in [2.24, 2.45) is 0 Å². The van der Waals surface area contributed by atoms with Crippen LogP contribution in [-0.4, -0.2) is 21.4 Å². The van der Waals surface area contributed by atoms with Crippen molar-refractivity contribution >= 4 is 23.1 Å². The third-order valence-corrected chi connectivity index (χ3v) is 2.64. The summed E-state index contributed by atoms with van der Waals surface area (Å²) >= 11 is 5.80. The number of aromatic nitrogens is 2. The van der Waals surface area contributed by atoms with E-state index in [1.807, 2.05) is 6.92 Å². The summed E-state index contributed by atoms with van der Waals surface area (Å²) in [5.74, 6) is 1.31. The Morgan fingerprint density at radius 3 is 2.85 bits per heavy atom. The molecule has 0 atom stereocenters. The lowest BCUT2D eigenvalue weighted by molar-refractivity contribution is -0.384. The van der Waals surface area contributed by atoms with Crippen LogP contribution in [0.15, 0.2) is 30.6 Å². The summed E-state index contributed by atoms with van der Waals surface area (Å²) in [5, 5.41) is 13.7. The summed E-state index contributed by atoms with van der Waals surface area (Å²) < 4.78 is 5.48. The van der Waals surface area contributed by atoms with Crippen LogP contribution in [0.4, 0.5) is 11.5 Å². The highest BCUT2D eigenvalue weighted by atomic mass is 35.5. The second-order valence-electron chi connectivity index (χ2n) is 3.74. The maximum Gasteiger partial charge on any atom is 0.288 e. The summed E-state index contributed by atoms with van der Waals surface area (Å²) in [6, 6.07) is 5.73. The molecule has 0 amide bonds. The number of halogens is 1. The number of ether oxygens (including phenoxy) is 1. The van der Waals surface area contributed by atoms with Crippen molar-refractivity contribution in [3.05, 3.63) is 45.7 Å². The van der Waals surface area contributed by atoms with Crippen LogP contribution in [0.5, 0.6) is 11.6 Å². The Hall–Kier alpha value is -2.41. The van der Waals surface area contributed by atoms with Crippen molar-refractivity contribution in [2.45, 2.75) is 6.92 Å². The fraction of sp³-hybridized carbons (Fsp3) is 0.167. The summed E-state index contributed by atoms with van der Waals surface area (Å²) in [7, 11) is 0. The first kappa shape index (κ1) is 14.0. The molecule has 2 aromatic rings. The molecular formula is C12H11ClN4O3. The number of nitro benzene ring substituents is 1. The third-order valence-electron chi connectivity index (χ3n) is 2.34. The maximum atomic E-state index is 10.7. The minimum atomic E-state index is -0.555. The standard InChI is InChI=1S/C12H11ClN4O3/c1-2-14-11-6-12(16-7-15-11)20-8-3-4-10(17(18)19)9(13)5-8/h3-7H,2H2,1H3,(H,14,15,16). The predicted molar refractivity (Wildman–Crippen MR) is 74.4 cm³/mol. The Kier molecular flexibility index (Phi) is 4.31. The van der Waals surface area contributed by atoms with Crippen LogP contribution in [0.1, 0.15) is 6.92 Å². The molecule has 0 saturated carbocycles. The molecule has 2 rings (SSSR count). The molecule has 0 unspecified atom stereocenters. The number of nitrogens with zero attached hydrogens (tertiary/aromatic N) is 3. The zero-order chi connectivity index (χ0) is 14.5. The van der Waals surface area contributed by atoms with Crippen molar-refractivity contribution in [1.29, 1.82) is 0 Å². The molecule has 0 radical (unpaired) electrons. The summed E-state index contributed by atoms with van der Waals surface area (Å²) in [5.41, 5.74) is -0.171. The molecule has 1 heterocycles. The lowest BCUT2D eigenvalue weighted by Crippen LogP contribution is -2.00. The maximum absolute atomic E-state index is 10.7. The van der Waals surface area contributed by atoms with Gasteiger partial charge in [0.05, 0.1) is 4.92 Å². The molecule has 0 aliphatic heterocycles. The largest absolute Gasteiger partial charge is 0.439 e. The van der Waals surface area contributed by atoms with E-state index in [1.165, 1.54) is 24.5 Å². The first-order valence-electron chi connectivity index (χ1n) is 5.78. The Morgan fingerprint density at radius 1 is 1.40 bits per heavy atom. The number of nitrogens with one attached hydrogen (secondary N) is 1. The summed E-state index contributed by atoms with van der Waals surface area (Å²) in [6.45, 7) is 2.67. The quantitative estimate of drug-likeness (QED) is 0.672. The van der Waals surface area contributed by atoms with Crippen molar-refractivity contribution in [3.8, 4) is 11.6 Å². The molecule has 0 bridgehead atoms. The van der Waals surface area contributed by atoms with Gasteiger partial charge in [-0.2, -0.15) is 0 Å². The fourth-order valence-electron chi connectivity index (χ4n) is 1.49. The van der Waals surface area contributed by atoms with Crippen LogP contribution >= 0.6 is 11.6 Å². The molecule has 0 fully saturated rings. The minimum Gasteiger partial charge on any atom is -0.439 e. The number of anilines is 1. The number of hydrogen-bond donors (Lipinski definition) is 1. The average Bonchev–Trinajstić information content (AvgIpc) is 2.39. The monoisotopic (exact) mass is 294 g/mol. The van der Waals surface area contributed by atoms with E-state index in [-0.39, 0.29) is 10.7 Å². The lowest BCUT2D eigenvalue weighted by atomic mass is 10.3. The van der Waals surface area contributed by atoms with Gasteiger partial charge in [0.2, 0.25) is 5.88 Å². The molecule has 7 nitrogen and oxygen atoms in total. The van der Waals surface area contributed by atoms with E-state index in [4.69, 9.17) is 16.3 Å². The minimum absolute atomic E-state index is 0.00784. The molecule has 104 valence electrons. The molecular weight excluding hydrogens is 284 g/mol. The second-order valence-corrected chi connectivity index (χ2v) is 4.15. The van der Waals surface area contributed by atoms with E-state index in [1.54, 1.807) is 6.07 Å². The number of nitro groups is 1. The van der Waals surface area contributed by atoms with Gasteiger partial charge in [0.15, 0.2) is 0 Å². The van der Waals surface area contributed by atoms with E-state index >= 15 is 0 Å². The molecule has 0 aliphatic rings. The zero-order valence-corrected chi connectivity index (χ0v) is 11.3. The lowest BCUT2D eigenvalue weighted by Gasteiger charge is -2.07. The molecule has 1 aromatic carbocycles. The van der Waals surface area contributed by atoms with Crippen LogP contribution in [0.2, 0.25) is 5.02 Å². The van der Waals surface area contributed by atoms with Gasteiger partial charge in [-0.3, -0.25) is 10.1 Å². The van der Waals surface area contributed by atoms with E-state index in [0.717, 1.165) is 6.54 Å². The van der Waals surface area contributed by atoms with Crippen LogP contribution in [0, 0.1) is 10.1 Å². The van der Waals surface area contributed by atoms with Gasteiger partial charge in [-0.25, -0.2) is 9.97 Å². The summed E-state index contributed by atoms with van der Waals surface area (Å²) in [4.78, 5) is 18.1. The van der Waals surface area contributed by atoms with Crippen molar-refractivity contribution < 1.29 is 9.66 Å². The first-order valence-corrected chi connectivity index (χ1v) is 6.15. The highest BCUT2D eigenvalue weighted by Gasteiger charge is 2.13. The predicted octanol–water partition coefficient (Wildman–Crippen LogP) is 3.26. The van der Waals surface area contributed by atoms with Crippen LogP contribution in [-0.2, 0) is 0 Å². The van der Waals surface area contributed by atoms with Gasteiger partial charge in [-0.05, 0) is 13.0 Å². The second kappa shape index (κ2) is 6.16. The Labute approximate surface area is 119 Å².